The second-order valence-electron chi connectivity index (χ2n) is 5.51. The second kappa shape index (κ2) is 9.40. The Labute approximate surface area is 129 Å². The minimum Gasteiger partial charge on any atom is -0.384 e. The highest BCUT2D eigenvalue weighted by molar-refractivity contribution is 5.99. The van der Waals surface area contributed by atoms with Gasteiger partial charge in [0.15, 0.2) is 0 Å². The Morgan fingerprint density at radius 3 is 2.48 bits per heavy atom. The molecular weight excluding hydrogens is 262 g/mol. The van der Waals surface area contributed by atoms with Crippen molar-refractivity contribution in [3.05, 3.63) is 29.8 Å². The van der Waals surface area contributed by atoms with Crippen molar-refractivity contribution < 1.29 is 4.79 Å². The fourth-order valence-electron chi connectivity index (χ4n) is 2.23. The Bertz CT molecular complexity index is 432. The van der Waals surface area contributed by atoms with Crippen LogP contribution < -0.4 is 5.32 Å². The van der Waals surface area contributed by atoms with E-state index in [1.165, 1.54) is 0 Å². The van der Waals surface area contributed by atoms with E-state index in [0.717, 1.165) is 50.3 Å². The number of rotatable bonds is 9. The van der Waals surface area contributed by atoms with Crippen molar-refractivity contribution in [1.82, 2.24) is 9.80 Å². The molecule has 4 heteroatoms. The molecule has 1 amide bonds. The molecule has 0 radical (unpaired) electrons. The van der Waals surface area contributed by atoms with Crippen molar-refractivity contribution >= 4 is 11.6 Å². The molecular formula is C17H29N3O. The third-order valence-electron chi connectivity index (χ3n) is 3.43. The molecule has 1 rings (SSSR count). The number of amides is 1. The van der Waals surface area contributed by atoms with Crippen LogP contribution in [0.1, 0.15) is 37.0 Å². The van der Waals surface area contributed by atoms with Crippen molar-refractivity contribution in [2.45, 2.75) is 26.7 Å². The number of benzene rings is 1. The third kappa shape index (κ3) is 5.76. The summed E-state index contributed by atoms with van der Waals surface area (Å²) in [5.74, 6) is 0.121. The number of hydrogen-bond acceptors (Lipinski definition) is 3. The molecule has 0 saturated carbocycles. The molecule has 0 heterocycles. The van der Waals surface area contributed by atoms with Crippen LogP contribution in [0, 0.1) is 0 Å². The first kappa shape index (κ1) is 17.5. The van der Waals surface area contributed by atoms with E-state index in [2.05, 4.69) is 31.2 Å². The summed E-state index contributed by atoms with van der Waals surface area (Å²) in [7, 11) is 4.12. The van der Waals surface area contributed by atoms with E-state index in [1.54, 1.807) is 0 Å². The van der Waals surface area contributed by atoms with Gasteiger partial charge >= 0.3 is 0 Å². The first-order valence-electron chi connectivity index (χ1n) is 7.87. The van der Waals surface area contributed by atoms with E-state index in [-0.39, 0.29) is 5.91 Å². The number of anilines is 1. The second-order valence-corrected chi connectivity index (χ2v) is 5.51. The van der Waals surface area contributed by atoms with Crippen LogP contribution in [-0.2, 0) is 0 Å². The van der Waals surface area contributed by atoms with Crippen LogP contribution >= 0.6 is 0 Å². The highest BCUT2D eigenvalue weighted by Gasteiger charge is 2.16. The lowest BCUT2D eigenvalue weighted by atomic mass is 10.1. The lowest BCUT2D eigenvalue weighted by Gasteiger charge is -2.23. The molecule has 0 bridgehead atoms. The molecule has 0 aromatic heterocycles. The smallest absolute Gasteiger partial charge is 0.255 e. The Balaban J connectivity index is 2.74. The van der Waals surface area contributed by atoms with Crippen LogP contribution in [0.15, 0.2) is 24.3 Å². The summed E-state index contributed by atoms with van der Waals surface area (Å²) < 4.78 is 0. The minimum absolute atomic E-state index is 0.121. The van der Waals surface area contributed by atoms with Gasteiger partial charge in [-0.15, -0.1) is 0 Å². The third-order valence-corrected chi connectivity index (χ3v) is 3.43. The van der Waals surface area contributed by atoms with Crippen LogP contribution in [0.2, 0.25) is 0 Å². The molecule has 1 aromatic rings. The largest absolute Gasteiger partial charge is 0.384 e. The molecule has 0 fully saturated rings. The molecule has 0 aliphatic rings. The number of para-hydroxylation sites is 1. The number of hydrogen-bond donors (Lipinski definition) is 1. The number of carbonyl (C=O) groups excluding carboxylic acids is 1. The first-order valence-corrected chi connectivity index (χ1v) is 7.87. The number of nitrogens with one attached hydrogen (secondary N) is 1. The van der Waals surface area contributed by atoms with Crippen molar-refractivity contribution in [3.63, 3.8) is 0 Å². The van der Waals surface area contributed by atoms with Crippen molar-refractivity contribution in [2.24, 2.45) is 0 Å². The average molecular weight is 291 g/mol. The van der Waals surface area contributed by atoms with E-state index in [1.807, 2.05) is 36.1 Å². The van der Waals surface area contributed by atoms with E-state index in [9.17, 15) is 4.79 Å². The van der Waals surface area contributed by atoms with Gasteiger partial charge < -0.3 is 15.1 Å². The predicted octanol–water partition coefficient (Wildman–Crippen LogP) is 2.92. The molecule has 1 aromatic carbocycles. The number of nitrogens with zero attached hydrogens (tertiary/aromatic N) is 2. The summed E-state index contributed by atoms with van der Waals surface area (Å²) in [4.78, 5) is 16.8. The van der Waals surface area contributed by atoms with Crippen molar-refractivity contribution in [2.75, 3.05) is 45.6 Å². The summed E-state index contributed by atoms with van der Waals surface area (Å²) in [5.41, 5.74) is 1.72. The van der Waals surface area contributed by atoms with E-state index < -0.39 is 0 Å². The maximum Gasteiger partial charge on any atom is 0.255 e. The molecule has 4 nitrogen and oxygen atoms in total. The molecule has 0 aliphatic carbocycles. The molecule has 0 unspecified atom stereocenters. The monoisotopic (exact) mass is 291 g/mol. The lowest BCUT2D eigenvalue weighted by molar-refractivity contribution is 0.0760. The zero-order valence-corrected chi connectivity index (χ0v) is 13.9. The standard InChI is InChI=1S/C17H29N3O/c1-5-12-18-16-11-8-7-10-15(16)17(21)20(6-2)14-9-13-19(3)4/h7-8,10-11,18H,5-6,9,12-14H2,1-4H3. The highest BCUT2D eigenvalue weighted by atomic mass is 16.2. The SMILES string of the molecule is CCCNc1ccccc1C(=O)N(CC)CCCN(C)C. The Kier molecular flexibility index (Phi) is 7.83. The van der Waals surface area contributed by atoms with Gasteiger partial charge in [0.25, 0.3) is 5.91 Å². The maximum absolute atomic E-state index is 12.7. The van der Waals surface area contributed by atoms with Gasteiger partial charge in [0.1, 0.15) is 0 Å². The van der Waals surface area contributed by atoms with Crippen molar-refractivity contribution in [3.8, 4) is 0 Å². The molecule has 118 valence electrons. The summed E-state index contributed by atoms with van der Waals surface area (Å²) in [6, 6.07) is 7.79. The van der Waals surface area contributed by atoms with Gasteiger partial charge in [-0.3, -0.25) is 4.79 Å². The Morgan fingerprint density at radius 1 is 1.14 bits per heavy atom. The van der Waals surface area contributed by atoms with Gasteiger partial charge in [-0.25, -0.2) is 0 Å². The predicted molar refractivity (Wildman–Crippen MR) is 90.0 cm³/mol. The van der Waals surface area contributed by atoms with Gasteiger partial charge in [-0.05, 0) is 52.5 Å². The van der Waals surface area contributed by atoms with Crippen molar-refractivity contribution in [1.29, 1.82) is 0 Å². The molecule has 0 spiro atoms. The fraction of sp³-hybridized carbons (Fsp3) is 0.588. The summed E-state index contributed by atoms with van der Waals surface area (Å²) >= 11 is 0. The minimum atomic E-state index is 0.121. The Hall–Kier alpha value is -1.55. The summed E-state index contributed by atoms with van der Waals surface area (Å²) in [5, 5.41) is 3.34. The summed E-state index contributed by atoms with van der Waals surface area (Å²) in [6.45, 7) is 7.59. The van der Waals surface area contributed by atoms with Gasteiger partial charge in [0.2, 0.25) is 0 Å². The number of carbonyl (C=O) groups is 1. The molecule has 21 heavy (non-hydrogen) atoms. The molecule has 0 atom stereocenters. The van der Waals surface area contributed by atoms with Gasteiger partial charge in [0.05, 0.1) is 5.56 Å². The van der Waals surface area contributed by atoms with Gasteiger partial charge in [0, 0.05) is 25.3 Å². The van der Waals surface area contributed by atoms with Crippen LogP contribution in [0.25, 0.3) is 0 Å². The zero-order valence-electron chi connectivity index (χ0n) is 13.9. The van der Waals surface area contributed by atoms with Gasteiger partial charge in [-0.1, -0.05) is 19.1 Å². The van der Waals surface area contributed by atoms with Crippen LogP contribution in [0.3, 0.4) is 0 Å². The molecule has 0 saturated heterocycles. The van der Waals surface area contributed by atoms with Crippen LogP contribution in [-0.4, -0.2) is 56.0 Å². The topological polar surface area (TPSA) is 35.6 Å². The normalized spacial score (nSPS) is 10.7. The van der Waals surface area contributed by atoms with E-state index in [4.69, 9.17) is 0 Å². The maximum atomic E-state index is 12.7. The first-order chi connectivity index (χ1) is 10.1. The van der Waals surface area contributed by atoms with E-state index in [0.29, 0.717) is 0 Å². The summed E-state index contributed by atoms with van der Waals surface area (Å²) in [6.07, 6.45) is 2.04. The fourth-order valence-corrected chi connectivity index (χ4v) is 2.23. The highest BCUT2D eigenvalue weighted by Crippen LogP contribution is 2.17. The quantitative estimate of drug-likeness (QED) is 0.760. The lowest BCUT2D eigenvalue weighted by Crippen LogP contribution is -2.33. The Morgan fingerprint density at radius 2 is 1.86 bits per heavy atom. The molecule has 0 aliphatic heterocycles. The van der Waals surface area contributed by atoms with Gasteiger partial charge in [-0.2, -0.15) is 0 Å². The zero-order chi connectivity index (χ0) is 15.7. The van der Waals surface area contributed by atoms with Crippen LogP contribution in [0.4, 0.5) is 5.69 Å². The molecule has 1 N–H and O–H groups in total. The van der Waals surface area contributed by atoms with Crippen LogP contribution in [0.5, 0.6) is 0 Å². The van der Waals surface area contributed by atoms with E-state index >= 15 is 0 Å². The average Bonchev–Trinajstić information content (AvgIpc) is 2.49.